The van der Waals surface area contributed by atoms with E-state index in [0.717, 1.165) is 17.3 Å². The molecule has 1 aromatic carbocycles. The molecule has 2 N–H and O–H groups in total. The molecule has 0 saturated carbocycles. The first-order valence-corrected chi connectivity index (χ1v) is 6.50. The maximum absolute atomic E-state index is 11.7. The van der Waals surface area contributed by atoms with Gasteiger partial charge < -0.3 is 9.84 Å². The molecule has 0 aromatic heterocycles. The van der Waals surface area contributed by atoms with Crippen molar-refractivity contribution < 1.29 is 19.4 Å². The molecule has 1 aromatic rings. The predicted molar refractivity (Wildman–Crippen MR) is 65.9 cm³/mol. The van der Waals surface area contributed by atoms with E-state index in [-0.39, 0.29) is 22.8 Å². The Morgan fingerprint density at radius 2 is 2.22 bits per heavy atom. The van der Waals surface area contributed by atoms with Crippen LogP contribution in [-0.2, 0) is 4.79 Å². The molecule has 2 amide bonds. The second-order valence-electron chi connectivity index (χ2n) is 4.28. The highest BCUT2D eigenvalue weighted by atomic mass is 32.2. The summed E-state index contributed by atoms with van der Waals surface area (Å²) < 4.78 is 5.47. The Balaban J connectivity index is 1.96. The summed E-state index contributed by atoms with van der Waals surface area (Å²) in [5.41, 5.74) is 0.876. The van der Waals surface area contributed by atoms with Crippen LogP contribution in [0.3, 0.4) is 0 Å². The number of aromatic hydroxyl groups is 1. The number of hydrogen-bond acceptors (Lipinski definition) is 5. The molecule has 5 nitrogen and oxygen atoms in total. The minimum Gasteiger partial charge on any atom is -0.508 e. The second-order valence-corrected chi connectivity index (χ2v) is 5.40. The van der Waals surface area contributed by atoms with Gasteiger partial charge in [0.15, 0.2) is 0 Å². The van der Waals surface area contributed by atoms with Crippen molar-refractivity contribution in [3.63, 3.8) is 0 Å². The molecular formula is C12H11NO4S. The number of phenols is 1. The van der Waals surface area contributed by atoms with Crippen LogP contribution in [-0.4, -0.2) is 28.1 Å². The SMILES string of the molecule is O=C1NC(=O)C([C@@H]2CCOc3cc(O)ccc32)S1. The zero-order valence-electron chi connectivity index (χ0n) is 9.38. The Labute approximate surface area is 108 Å². The van der Waals surface area contributed by atoms with Gasteiger partial charge in [0.1, 0.15) is 16.7 Å². The molecule has 2 aliphatic heterocycles. The van der Waals surface area contributed by atoms with E-state index in [1.165, 1.54) is 0 Å². The second kappa shape index (κ2) is 4.20. The smallest absolute Gasteiger partial charge is 0.286 e. The number of carbonyl (C=O) groups excluding carboxylic acids is 2. The van der Waals surface area contributed by atoms with Gasteiger partial charge in [-0.15, -0.1) is 0 Å². The number of fused-ring (bicyclic) bond motifs is 1. The van der Waals surface area contributed by atoms with Crippen LogP contribution in [0.5, 0.6) is 11.5 Å². The van der Waals surface area contributed by atoms with Crippen molar-refractivity contribution in [2.75, 3.05) is 6.61 Å². The van der Waals surface area contributed by atoms with Crippen LogP contribution in [0.25, 0.3) is 0 Å². The Morgan fingerprint density at radius 3 is 2.94 bits per heavy atom. The fourth-order valence-electron chi connectivity index (χ4n) is 2.36. The third-order valence-corrected chi connectivity index (χ3v) is 4.28. The van der Waals surface area contributed by atoms with Crippen molar-refractivity contribution >= 4 is 22.9 Å². The summed E-state index contributed by atoms with van der Waals surface area (Å²) in [5, 5.41) is 11.0. The molecule has 2 aliphatic rings. The van der Waals surface area contributed by atoms with Gasteiger partial charge in [-0.05, 0) is 18.1 Å². The molecule has 1 saturated heterocycles. The van der Waals surface area contributed by atoms with Crippen LogP contribution in [0, 0.1) is 0 Å². The lowest BCUT2D eigenvalue weighted by molar-refractivity contribution is -0.119. The summed E-state index contributed by atoms with van der Waals surface area (Å²) in [7, 11) is 0. The summed E-state index contributed by atoms with van der Waals surface area (Å²) in [5.74, 6) is 0.440. The van der Waals surface area contributed by atoms with Crippen molar-refractivity contribution in [3.05, 3.63) is 23.8 Å². The van der Waals surface area contributed by atoms with Gasteiger partial charge in [-0.3, -0.25) is 14.9 Å². The number of amides is 2. The van der Waals surface area contributed by atoms with E-state index in [2.05, 4.69) is 5.32 Å². The monoisotopic (exact) mass is 265 g/mol. The molecule has 6 heteroatoms. The Hall–Kier alpha value is -1.69. The number of thioether (sulfide) groups is 1. The van der Waals surface area contributed by atoms with Crippen LogP contribution >= 0.6 is 11.8 Å². The first-order valence-electron chi connectivity index (χ1n) is 5.62. The zero-order chi connectivity index (χ0) is 12.7. The van der Waals surface area contributed by atoms with Gasteiger partial charge in [-0.2, -0.15) is 0 Å². The van der Waals surface area contributed by atoms with Crippen molar-refractivity contribution in [1.29, 1.82) is 0 Å². The maximum Gasteiger partial charge on any atom is 0.286 e. The van der Waals surface area contributed by atoms with E-state index in [1.807, 2.05) is 0 Å². The lowest BCUT2D eigenvalue weighted by Gasteiger charge is -2.28. The minimum atomic E-state index is -0.398. The van der Waals surface area contributed by atoms with Crippen molar-refractivity contribution in [3.8, 4) is 11.5 Å². The molecule has 18 heavy (non-hydrogen) atoms. The van der Waals surface area contributed by atoms with E-state index in [9.17, 15) is 14.7 Å². The molecular weight excluding hydrogens is 254 g/mol. The highest BCUT2D eigenvalue weighted by Gasteiger charge is 2.40. The van der Waals surface area contributed by atoms with Crippen LogP contribution in [0.2, 0.25) is 0 Å². The van der Waals surface area contributed by atoms with Crippen LogP contribution < -0.4 is 10.1 Å². The van der Waals surface area contributed by atoms with E-state index < -0.39 is 5.25 Å². The Morgan fingerprint density at radius 1 is 1.39 bits per heavy atom. The quantitative estimate of drug-likeness (QED) is 0.806. The summed E-state index contributed by atoms with van der Waals surface area (Å²) in [6.07, 6.45) is 0.691. The molecule has 94 valence electrons. The Kier molecular flexibility index (Phi) is 2.66. The number of benzene rings is 1. The number of carbonyl (C=O) groups is 2. The summed E-state index contributed by atoms with van der Waals surface area (Å²) in [4.78, 5) is 23.0. The first kappa shape index (κ1) is 11.4. The first-order chi connectivity index (χ1) is 8.65. The van der Waals surface area contributed by atoms with Crippen molar-refractivity contribution in [2.45, 2.75) is 17.6 Å². The molecule has 2 heterocycles. The number of hydrogen-bond donors (Lipinski definition) is 2. The third kappa shape index (κ3) is 1.82. The number of ether oxygens (including phenoxy) is 1. The summed E-state index contributed by atoms with van der Waals surface area (Å²) >= 11 is 1.03. The molecule has 2 atom stereocenters. The molecule has 0 radical (unpaired) electrons. The number of phenolic OH excluding ortho intramolecular Hbond substituents is 1. The van der Waals surface area contributed by atoms with E-state index in [4.69, 9.17) is 4.74 Å². The lowest BCUT2D eigenvalue weighted by atomic mass is 9.89. The zero-order valence-corrected chi connectivity index (χ0v) is 10.2. The van der Waals surface area contributed by atoms with Gasteiger partial charge in [0.25, 0.3) is 5.24 Å². The van der Waals surface area contributed by atoms with Crippen LogP contribution in [0.4, 0.5) is 4.79 Å². The van der Waals surface area contributed by atoms with Gasteiger partial charge >= 0.3 is 0 Å². The van der Waals surface area contributed by atoms with Crippen LogP contribution in [0.1, 0.15) is 17.9 Å². The van der Waals surface area contributed by atoms with Crippen LogP contribution in [0.15, 0.2) is 18.2 Å². The molecule has 1 fully saturated rings. The number of nitrogens with one attached hydrogen (secondary N) is 1. The molecule has 0 spiro atoms. The number of rotatable bonds is 1. The molecule has 0 aliphatic carbocycles. The summed E-state index contributed by atoms with van der Waals surface area (Å²) in [6.45, 7) is 0.486. The average molecular weight is 265 g/mol. The largest absolute Gasteiger partial charge is 0.508 e. The molecule has 3 rings (SSSR count). The maximum atomic E-state index is 11.7. The lowest BCUT2D eigenvalue weighted by Crippen LogP contribution is -2.31. The van der Waals surface area contributed by atoms with Gasteiger partial charge in [0.2, 0.25) is 5.91 Å². The topological polar surface area (TPSA) is 75.6 Å². The van der Waals surface area contributed by atoms with Gasteiger partial charge in [-0.1, -0.05) is 17.8 Å². The number of imide groups is 1. The molecule has 1 unspecified atom stereocenters. The van der Waals surface area contributed by atoms with Gasteiger partial charge in [-0.25, -0.2) is 0 Å². The predicted octanol–water partition coefficient (Wildman–Crippen LogP) is 1.61. The minimum absolute atomic E-state index is 0.0502. The summed E-state index contributed by atoms with van der Waals surface area (Å²) in [6, 6.07) is 4.87. The van der Waals surface area contributed by atoms with E-state index in [0.29, 0.717) is 18.8 Å². The molecule has 0 bridgehead atoms. The average Bonchev–Trinajstić information content (AvgIpc) is 2.67. The highest BCUT2D eigenvalue weighted by Crippen LogP contribution is 2.42. The van der Waals surface area contributed by atoms with Crippen molar-refractivity contribution in [2.24, 2.45) is 0 Å². The normalized spacial score (nSPS) is 26.4. The Bertz CT molecular complexity index is 531. The standard InChI is InChI=1S/C12H11NO4S/c14-6-1-2-7-8(3-4-17-9(7)5-6)10-11(15)13-12(16)18-10/h1-2,5,8,10,14H,3-4H2,(H,13,15,16)/t8-,10?/m1/s1. The fourth-order valence-corrected chi connectivity index (χ4v) is 3.36. The highest BCUT2D eigenvalue weighted by molar-refractivity contribution is 8.15. The van der Waals surface area contributed by atoms with E-state index >= 15 is 0 Å². The fraction of sp³-hybridized carbons (Fsp3) is 0.333. The van der Waals surface area contributed by atoms with E-state index in [1.54, 1.807) is 18.2 Å². The van der Waals surface area contributed by atoms with Gasteiger partial charge in [0, 0.05) is 12.0 Å². The third-order valence-electron chi connectivity index (χ3n) is 3.17. The van der Waals surface area contributed by atoms with Crippen molar-refractivity contribution in [1.82, 2.24) is 5.32 Å². The van der Waals surface area contributed by atoms with Gasteiger partial charge in [0.05, 0.1) is 6.61 Å².